The van der Waals surface area contributed by atoms with E-state index in [2.05, 4.69) is 0 Å². The van der Waals surface area contributed by atoms with Crippen LogP contribution < -0.4 is 0 Å². The van der Waals surface area contributed by atoms with Gasteiger partial charge in [0.1, 0.15) is 9.84 Å². The van der Waals surface area contributed by atoms with Crippen molar-refractivity contribution in [3.8, 4) is 0 Å². The van der Waals surface area contributed by atoms with Gasteiger partial charge in [-0.2, -0.15) is 0 Å². The van der Waals surface area contributed by atoms with E-state index in [1.54, 1.807) is 6.92 Å². The zero-order chi connectivity index (χ0) is 12.3. The van der Waals surface area contributed by atoms with Crippen molar-refractivity contribution in [2.45, 2.75) is 25.9 Å². The van der Waals surface area contributed by atoms with Crippen molar-refractivity contribution in [3.05, 3.63) is 35.4 Å². The van der Waals surface area contributed by atoms with Crippen LogP contribution in [0.3, 0.4) is 0 Å². The molecule has 0 heterocycles. The lowest BCUT2D eigenvalue weighted by Gasteiger charge is -2.12. The summed E-state index contributed by atoms with van der Waals surface area (Å²) in [4.78, 5) is 0. The molecule has 16 heavy (non-hydrogen) atoms. The van der Waals surface area contributed by atoms with Gasteiger partial charge in [-0.1, -0.05) is 31.2 Å². The van der Waals surface area contributed by atoms with Gasteiger partial charge in [-0.25, -0.2) is 8.42 Å². The molecule has 3 nitrogen and oxygen atoms in total. The van der Waals surface area contributed by atoms with Gasteiger partial charge in [-0.3, -0.25) is 0 Å². The maximum absolute atomic E-state index is 11.2. The van der Waals surface area contributed by atoms with Crippen LogP contribution in [0.25, 0.3) is 0 Å². The molecule has 1 unspecified atom stereocenters. The lowest BCUT2D eigenvalue weighted by Crippen LogP contribution is -2.10. The fourth-order valence-electron chi connectivity index (χ4n) is 1.65. The molecule has 0 fully saturated rings. The van der Waals surface area contributed by atoms with E-state index in [1.165, 1.54) is 6.26 Å². The fourth-order valence-corrected chi connectivity index (χ4v) is 2.75. The lowest BCUT2D eigenvalue weighted by molar-refractivity contribution is 0.199. The minimum atomic E-state index is -2.95. The van der Waals surface area contributed by atoms with Crippen molar-refractivity contribution < 1.29 is 13.5 Å². The van der Waals surface area contributed by atoms with E-state index in [4.69, 9.17) is 0 Å². The third-order valence-electron chi connectivity index (χ3n) is 2.54. The summed E-state index contributed by atoms with van der Waals surface area (Å²) in [7, 11) is -2.95. The summed E-state index contributed by atoms with van der Waals surface area (Å²) in [6, 6.07) is 7.41. The van der Waals surface area contributed by atoms with E-state index in [9.17, 15) is 13.5 Å². The molecule has 1 N–H and O–H groups in total. The number of hydrogen-bond donors (Lipinski definition) is 1. The fraction of sp³-hybridized carbons (Fsp3) is 0.500. The second kappa shape index (κ2) is 4.97. The summed E-state index contributed by atoms with van der Waals surface area (Å²) >= 11 is 0. The van der Waals surface area contributed by atoms with Crippen molar-refractivity contribution in [1.29, 1.82) is 0 Å². The highest BCUT2D eigenvalue weighted by Crippen LogP contribution is 2.20. The Bertz CT molecular complexity index is 432. The standard InChI is InChI=1S/C12H18O3S/c1-9(8-16(3,14)15)11-4-6-12(7-5-11)10(2)13/h4-7,9-10,13H,8H2,1-3H3/t9-,10?/m0/s1. The molecule has 2 atom stereocenters. The predicted octanol–water partition coefficient (Wildman–Crippen LogP) is 1.89. The van der Waals surface area contributed by atoms with Crippen LogP contribution in [-0.2, 0) is 9.84 Å². The van der Waals surface area contributed by atoms with Crippen molar-refractivity contribution in [2.24, 2.45) is 0 Å². The quantitative estimate of drug-likeness (QED) is 0.877. The number of sulfone groups is 1. The van der Waals surface area contributed by atoms with Gasteiger partial charge in [0.05, 0.1) is 11.9 Å². The first-order valence-corrected chi connectivity index (χ1v) is 7.31. The molecule has 0 spiro atoms. The van der Waals surface area contributed by atoms with Gasteiger partial charge in [0.15, 0.2) is 0 Å². The van der Waals surface area contributed by atoms with E-state index in [0.29, 0.717) is 0 Å². The number of benzene rings is 1. The van der Waals surface area contributed by atoms with Gasteiger partial charge in [0.25, 0.3) is 0 Å². The highest BCUT2D eigenvalue weighted by atomic mass is 32.2. The first-order valence-electron chi connectivity index (χ1n) is 5.25. The number of aliphatic hydroxyl groups excluding tert-OH is 1. The van der Waals surface area contributed by atoms with Crippen LogP contribution in [0.5, 0.6) is 0 Å². The summed E-state index contributed by atoms with van der Waals surface area (Å²) in [5.74, 6) is 0.138. The Morgan fingerprint density at radius 3 is 1.94 bits per heavy atom. The Morgan fingerprint density at radius 2 is 1.56 bits per heavy atom. The van der Waals surface area contributed by atoms with Crippen molar-refractivity contribution in [2.75, 3.05) is 12.0 Å². The van der Waals surface area contributed by atoms with Crippen LogP contribution in [0.1, 0.15) is 37.0 Å². The molecule has 4 heteroatoms. The average molecular weight is 242 g/mol. The lowest BCUT2D eigenvalue weighted by atomic mass is 10.0. The molecular weight excluding hydrogens is 224 g/mol. The van der Waals surface area contributed by atoms with E-state index < -0.39 is 15.9 Å². The first-order chi connectivity index (χ1) is 7.29. The summed E-state index contributed by atoms with van der Waals surface area (Å²) in [5.41, 5.74) is 1.82. The van der Waals surface area contributed by atoms with Crippen LogP contribution in [0, 0.1) is 0 Å². The van der Waals surface area contributed by atoms with E-state index in [0.717, 1.165) is 11.1 Å². The van der Waals surface area contributed by atoms with E-state index >= 15 is 0 Å². The monoisotopic (exact) mass is 242 g/mol. The van der Waals surface area contributed by atoms with Crippen molar-refractivity contribution >= 4 is 9.84 Å². The molecule has 0 aliphatic heterocycles. The Morgan fingerprint density at radius 1 is 1.12 bits per heavy atom. The SMILES string of the molecule is CC(O)c1ccc([C@@H](C)CS(C)(=O)=O)cc1. The smallest absolute Gasteiger partial charge is 0.148 e. The van der Waals surface area contributed by atoms with E-state index in [1.807, 2.05) is 31.2 Å². The summed E-state index contributed by atoms with van der Waals surface area (Å²) in [6.07, 6.45) is 0.757. The van der Waals surface area contributed by atoms with E-state index in [-0.39, 0.29) is 11.7 Å². The molecule has 0 radical (unpaired) electrons. The zero-order valence-electron chi connectivity index (χ0n) is 9.84. The molecule has 0 aromatic heterocycles. The normalized spacial score (nSPS) is 15.8. The van der Waals surface area contributed by atoms with Gasteiger partial charge in [0.2, 0.25) is 0 Å². The molecule has 0 amide bonds. The average Bonchev–Trinajstić information content (AvgIpc) is 2.15. The second-order valence-electron chi connectivity index (χ2n) is 4.34. The molecule has 0 saturated carbocycles. The van der Waals surface area contributed by atoms with Crippen LogP contribution in [-0.4, -0.2) is 25.5 Å². The number of rotatable bonds is 4. The van der Waals surface area contributed by atoms with Crippen LogP contribution >= 0.6 is 0 Å². The molecular formula is C12H18O3S. The zero-order valence-corrected chi connectivity index (χ0v) is 10.7. The van der Waals surface area contributed by atoms with Gasteiger partial charge in [-0.05, 0) is 24.0 Å². The Hall–Kier alpha value is -0.870. The Balaban J connectivity index is 2.82. The second-order valence-corrected chi connectivity index (χ2v) is 6.52. The predicted molar refractivity (Wildman–Crippen MR) is 65.2 cm³/mol. The van der Waals surface area contributed by atoms with Gasteiger partial charge in [0, 0.05) is 6.26 Å². The minimum absolute atomic E-state index is 0.0157. The van der Waals surface area contributed by atoms with Crippen LogP contribution in [0.4, 0.5) is 0 Å². The summed E-state index contributed by atoms with van der Waals surface area (Å²) < 4.78 is 22.3. The van der Waals surface area contributed by atoms with Crippen molar-refractivity contribution in [3.63, 3.8) is 0 Å². The Labute approximate surface area is 97.0 Å². The molecule has 1 aromatic rings. The summed E-state index contributed by atoms with van der Waals surface area (Å²) in [5, 5.41) is 9.34. The maximum atomic E-state index is 11.2. The highest BCUT2D eigenvalue weighted by molar-refractivity contribution is 7.90. The van der Waals surface area contributed by atoms with Crippen LogP contribution in [0.2, 0.25) is 0 Å². The molecule has 0 bridgehead atoms. The summed E-state index contributed by atoms with van der Waals surface area (Å²) in [6.45, 7) is 3.59. The number of aliphatic hydroxyl groups is 1. The number of hydrogen-bond acceptors (Lipinski definition) is 3. The highest BCUT2D eigenvalue weighted by Gasteiger charge is 2.12. The molecule has 1 rings (SSSR count). The topological polar surface area (TPSA) is 54.4 Å². The molecule has 0 saturated heterocycles. The molecule has 1 aromatic carbocycles. The van der Waals surface area contributed by atoms with Crippen LogP contribution in [0.15, 0.2) is 24.3 Å². The van der Waals surface area contributed by atoms with Gasteiger partial charge in [-0.15, -0.1) is 0 Å². The molecule has 0 aliphatic rings. The molecule has 0 aliphatic carbocycles. The van der Waals surface area contributed by atoms with Gasteiger partial charge < -0.3 is 5.11 Å². The largest absolute Gasteiger partial charge is 0.389 e. The first kappa shape index (κ1) is 13.2. The third-order valence-corrected chi connectivity index (χ3v) is 3.65. The maximum Gasteiger partial charge on any atom is 0.148 e. The van der Waals surface area contributed by atoms with Crippen molar-refractivity contribution in [1.82, 2.24) is 0 Å². The Kier molecular flexibility index (Phi) is 4.10. The van der Waals surface area contributed by atoms with Gasteiger partial charge >= 0.3 is 0 Å². The third kappa shape index (κ3) is 3.94. The minimum Gasteiger partial charge on any atom is -0.389 e. The molecule has 90 valence electrons.